The number of pyridine rings is 1. The van der Waals surface area contributed by atoms with Gasteiger partial charge in [-0.1, -0.05) is 17.3 Å². The first-order valence-electron chi connectivity index (χ1n) is 11.3. The summed E-state index contributed by atoms with van der Waals surface area (Å²) in [7, 11) is 0. The highest BCUT2D eigenvalue weighted by Crippen LogP contribution is 2.58. The molecule has 2 N–H and O–H groups in total. The number of benzene rings is 1. The zero-order valence-electron chi connectivity index (χ0n) is 19.1. The van der Waals surface area contributed by atoms with E-state index in [2.05, 4.69) is 20.8 Å². The van der Waals surface area contributed by atoms with Gasteiger partial charge in [0.25, 0.3) is 0 Å². The molecular weight excluding hydrogens is 481 g/mol. The Morgan fingerprint density at radius 2 is 2.03 bits per heavy atom. The summed E-state index contributed by atoms with van der Waals surface area (Å²) < 4.78 is 49.6. The Labute approximate surface area is 202 Å². The summed E-state index contributed by atoms with van der Waals surface area (Å²) in [4.78, 5) is 40.4. The number of halogens is 3. The maximum atomic E-state index is 13.2. The van der Waals surface area contributed by atoms with Crippen LogP contribution in [-0.4, -0.2) is 34.2 Å². The van der Waals surface area contributed by atoms with Crippen molar-refractivity contribution in [3.05, 3.63) is 52.8 Å². The first-order chi connectivity index (χ1) is 17.1. The lowest BCUT2D eigenvalue weighted by atomic mass is 9.89. The van der Waals surface area contributed by atoms with Gasteiger partial charge in [-0.15, -0.1) is 0 Å². The minimum absolute atomic E-state index is 0.0720. The molecule has 2 aliphatic rings. The molecule has 1 saturated carbocycles. The molecule has 12 heteroatoms. The quantitative estimate of drug-likeness (QED) is 0.496. The molecule has 9 nitrogen and oxygen atoms in total. The Morgan fingerprint density at radius 3 is 2.72 bits per heavy atom. The van der Waals surface area contributed by atoms with Crippen molar-refractivity contribution in [1.82, 2.24) is 15.5 Å². The fourth-order valence-corrected chi connectivity index (χ4v) is 4.41. The van der Waals surface area contributed by atoms with E-state index in [-0.39, 0.29) is 49.3 Å². The molecule has 3 heterocycles. The standard InChI is InChI=1S/C24H21F3N4O5/c1-12-16(15-4-5-19(32)29-21(15)33)9-14-3-2-13(8-17(14)28-12)11-35-22(34)30-20-10-18(31-36-20)23(6-7-23)24(25,26)27/h2-3,8-10,15H,4-7,11H2,1H3,(H,30,34)(H,29,32,33). The van der Waals surface area contributed by atoms with Gasteiger partial charge in [-0.25, -0.2) is 4.79 Å². The molecule has 5 rings (SSSR count). The smallest absolute Gasteiger partial charge is 0.414 e. The molecule has 1 aliphatic carbocycles. The van der Waals surface area contributed by atoms with Gasteiger partial charge in [0.1, 0.15) is 17.7 Å². The number of alkyl halides is 3. The number of ether oxygens (including phenoxy) is 1. The number of nitrogens with zero attached hydrogens (tertiary/aromatic N) is 2. The fourth-order valence-electron chi connectivity index (χ4n) is 4.41. The molecule has 0 radical (unpaired) electrons. The molecule has 2 aromatic heterocycles. The lowest BCUT2D eigenvalue weighted by molar-refractivity contribution is -0.162. The van der Waals surface area contributed by atoms with Gasteiger partial charge >= 0.3 is 12.3 Å². The molecular formula is C24H21F3N4O5. The number of piperidine rings is 1. The molecule has 1 unspecified atom stereocenters. The third-order valence-corrected chi connectivity index (χ3v) is 6.61. The number of hydrogen-bond donors (Lipinski definition) is 2. The van der Waals surface area contributed by atoms with E-state index in [9.17, 15) is 27.6 Å². The normalized spacial score (nSPS) is 19.2. The van der Waals surface area contributed by atoms with Crippen LogP contribution in [0.2, 0.25) is 0 Å². The van der Waals surface area contributed by atoms with Crippen LogP contribution < -0.4 is 10.6 Å². The maximum Gasteiger partial charge on any atom is 0.414 e. The number of amides is 3. The van der Waals surface area contributed by atoms with Gasteiger partial charge in [-0.2, -0.15) is 13.2 Å². The van der Waals surface area contributed by atoms with E-state index in [4.69, 9.17) is 9.26 Å². The highest BCUT2D eigenvalue weighted by atomic mass is 19.4. The third kappa shape index (κ3) is 4.38. The fraction of sp³-hybridized carbons (Fsp3) is 0.375. The second kappa shape index (κ2) is 8.61. The highest BCUT2D eigenvalue weighted by Gasteiger charge is 2.66. The summed E-state index contributed by atoms with van der Waals surface area (Å²) >= 11 is 0. The molecule has 0 bridgehead atoms. The van der Waals surface area contributed by atoms with Crippen molar-refractivity contribution in [2.24, 2.45) is 0 Å². The first-order valence-corrected chi connectivity index (χ1v) is 11.3. The minimum Gasteiger partial charge on any atom is -0.444 e. The van der Waals surface area contributed by atoms with Gasteiger partial charge < -0.3 is 9.26 Å². The van der Waals surface area contributed by atoms with Crippen LogP contribution >= 0.6 is 0 Å². The van der Waals surface area contributed by atoms with Crippen molar-refractivity contribution in [1.29, 1.82) is 0 Å². The SMILES string of the molecule is Cc1nc2cc(COC(=O)Nc3cc(C4(C(F)(F)F)CC4)no3)ccc2cc1C1CCC(=O)NC1=O. The van der Waals surface area contributed by atoms with Crippen LogP contribution in [-0.2, 0) is 26.3 Å². The number of fused-ring (bicyclic) bond motifs is 1. The van der Waals surface area contributed by atoms with Gasteiger partial charge in [-0.3, -0.25) is 25.2 Å². The number of anilines is 1. The minimum atomic E-state index is -4.44. The summed E-state index contributed by atoms with van der Waals surface area (Å²) in [5.74, 6) is -1.31. The van der Waals surface area contributed by atoms with E-state index in [0.717, 1.165) is 17.0 Å². The number of aromatic nitrogens is 2. The zero-order valence-corrected chi connectivity index (χ0v) is 19.1. The van der Waals surface area contributed by atoms with Crippen molar-refractivity contribution in [2.75, 3.05) is 5.32 Å². The number of carbonyl (C=O) groups excluding carboxylic acids is 3. The van der Waals surface area contributed by atoms with Crippen LogP contribution in [0.25, 0.3) is 10.9 Å². The summed E-state index contributed by atoms with van der Waals surface area (Å²) in [6.07, 6.45) is -4.80. The second-order valence-electron chi connectivity index (χ2n) is 9.05. The van der Waals surface area contributed by atoms with Crippen LogP contribution in [0.3, 0.4) is 0 Å². The third-order valence-electron chi connectivity index (χ3n) is 6.61. The maximum absolute atomic E-state index is 13.2. The zero-order chi connectivity index (χ0) is 25.7. The molecule has 1 aromatic carbocycles. The molecule has 2 fully saturated rings. The molecule has 3 amide bonds. The highest BCUT2D eigenvalue weighted by molar-refractivity contribution is 6.01. The molecule has 188 valence electrons. The number of nitrogens with one attached hydrogen (secondary N) is 2. The van der Waals surface area contributed by atoms with E-state index in [1.165, 1.54) is 0 Å². The van der Waals surface area contributed by atoms with Gasteiger partial charge in [0.15, 0.2) is 0 Å². The summed E-state index contributed by atoms with van der Waals surface area (Å²) in [6.45, 7) is 1.66. The predicted molar refractivity (Wildman–Crippen MR) is 119 cm³/mol. The van der Waals surface area contributed by atoms with Crippen LogP contribution in [0.5, 0.6) is 0 Å². The average molecular weight is 502 g/mol. The van der Waals surface area contributed by atoms with Crippen LogP contribution in [0.4, 0.5) is 23.8 Å². The Bertz CT molecular complexity index is 1380. The molecule has 3 aromatic rings. The number of aryl methyl sites for hydroxylation is 1. The number of carbonyl (C=O) groups is 3. The lowest BCUT2D eigenvalue weighted by Gasteiger charge is -2.22. The Kier molecular flexibility index (Phi) is 5.68. The number of hydrogen-bond acceptors (Lipinski definition) is 7. The van der Waals surface area contributed by atoms with Gasteiger partial charge in [-0.05, 0) is 49.4 Å². The lowest BCUT2D eigenvalue weighted by Crippen LogP contribution is -2.39. The van der Waals surface area contributed by atoms with Crippen molar-refractivity contribution in [2.45, 2.75) is 56.7 Å². The molecule has 1 aliphatic heterocycles. The van der Waals surface area contributed by atoms with Gasteiger partial charge in [0, 0.05) is 23.6 Å². The number of rotatable bonds is 5. The Hall–Kier alpha value is -3.96. The summed E-state index contributed by atoms with van der Waals surface area (Å²) in [5, 5.41) is 8.84. The largest absolute Gasteiger partial charge is 0.444 e. The summed E-state index contributed by atoms with van der Waals surface area (Å²) in [5.41, 5.74) is 0.395. The van der Waals surface area contributed by atoms with Crippen molar-refractivity contribution in [3.8, 4) is 0 Å². The monoisotopic (exact) mass is 502 g/mol. The molecule has 0 spiro atoms. The molecule has 1 saturated heterocycles. The predicted octanol–water partition coefficient (Wildman–Crippen LogP) is 4.39. The Balaban J connectivity index is 1.23. The van der Waals surface area contributed by atoms with E-state index in [1.807, 2.05) is 6.07 Å². The second-order valence-corrected chi connectivity index (χ2v) is 9.05. The molecule has 1 atom stereocenters. The van der Waals surface area contributed by atoms with Crippen LogP contribution in [0.15, 0.2) is 34.9 Å². The average Bonchev–Trinajstić information content (AvgIpc) is 3.51. The van der Waals surface area contributed by atoms with Crippen LogP contribution in [0.1, 0.15) is 54.1 Å². The Morgan fingerprint density at radius 1 is 1.25 bits per heavy atom. The number of imide groups is 1. The summed E-state index contributed by atoms with van der Waals surface area (Å²) in [6, 6.07) is 8.17. The van der Waals surface area contributed by atoms with Crippen molar-refractivity contribution in [3.63, 3.8) is 0 Å². The van der Waals surface area contributed by atoms with E-state index in [1.54, 1.807) is 25.1 Å². The van der Waals surface area contributed by atoms with Crippen molar-refractivity contribution >= 4 is 34.7 Å². The van der Waals surface area contributed by atoms with Gasteiger partial charge in [0.05, 0.1) is 11.4 Å². The van der Waals surface area contributed by atoms with E-state index < -0.39 is 23.6 Å². The van der Waals surface area contributed by atoms with Crippen LogP contribution in [0, 0.1) is 6.92 Å². The topological polar surface area (TPSA) is 123 Å². The van der Waals surface area contributed by atoms with Gasteiger partial charge in [0.2, 0.25) is 17.7 Å². The van der Waals surface area contributed by atoms with E-state index in [0.29, 0.717) is 23.2 Å². The van der Waals surface area contributed by atoms with Crippen molar-refractivity contribution < 1.29 is 36.8 Å². The molecule has 36 heavy (non-hydrogen) atoms. The van der Waals surface area contributed by atoms with E-state index >= 15 is 0 Å². The first kappa shape index (κ1) is 23.8.